The van der Waals surface area contributed by atoms with Gasteiger partial charge in [0, 0.05) is 5.56 Å². The Balaban J connectivity index is 2.18. The zero-order chi connectivity index (χ0) is 13.1. The molecular weight excluding hydrogens is 236 g/mol. The number of imide groups is 1. The second kappa shape index (κ2) is 5.05. The molecule has 0 radical (unpaired) electrons. The predicted octanol–water partition coefficient (Wildman–Crippen LogP) is 0.455. The fourth-order valence-corrected chi connectivity index (χ4v) is 1.82. The van der Waals surface area contributed by atoms with E-state index in [1.165, 1.54) is 7.11 Å². The second-order valence-electron chi connectivity index (χ2n) is 3.96. The molecule has 3 amide bonds. The van der Waals surface area contributed by atoms with Gasteiger partial charge in [0.25, 0.3) is 0 Å². The van der Waals surface area contributed by atoms with Crippen LogP contribution in [-0.2, 0) is 11.3 Å². The number of nitrogens with one attached hydrogen (secondary N) is 1. The van der Waals surface area contributed by atoms with Crippen molar-refractivity contribution in [3.8, 4) is 5.75 Å². The number of hydrogen-bond donors (Lipinski definition) is 2. The molecule has 2 N–H and O–H groups in total. The molecule has 1 saturated heterocycles. The van der Waals surface area contributed by atoms with Crippen LogP contribution in [0.1, 0.15) is 12.0 Å². The van der Waals surface area contributed by atoms with Crippen LogP contribution in [0, 0.1) is 0 Å². The number of hydrogen-bond acceptors (Lipinski definition) is 4. The normalized spacial score (nSPS) is 19.7. The molecule has 0 aliphatic carbocycles. The van der Waals surface area contributed by atoms with Gasteiger partial charge in [-0.3, -0.25) is 9.69 Å². The van der Waals surface area contributed by atoms with Crippen LogP contribution < -0.4 is 10.1 Å². The van der Waals surface area contributed by atoms with E-state index in [9.17, 15) is 14.7 Å². The van der Waals surface area contributed by atoms with Crippen molar-refractivity contribution in [3.05, 3.63) is 29.8 Å². The summed E-state index contributed by atoms with van der Waals surface area (Å²) in [6, 6.07) is 6.56. The quantitative estimate of drug-likeness (QED) is 0.816. The monoisotopic (exact) mass is 250 g/mol. The Morgan fingerprint density at radius 2 is 2.17 bits per heavy atom. The fourth-order valence-electron chi connectivity index (χ4n) is 1.82. The molecule has 1 heterocycles. The molecule has 0 spiro atoms. The van der Waals surface area contributed by atoms with Gasteiger partial charge in [-0.2, -0.15) is 0 Å². The van der Waals surface area contributed by atoms with Crippen LogP contribution >= 0.6 is 0 Å². The summed E-state index contributed by atoms with van der Waals surface area (Å²) in [5.74, 6) is 0.210. The lowest BCUT2D eigenvalue weighted by atomic mass is 10.1. The zero-order valence-electron chi connectivity index (χ0n) is 9.92. The van der Waals surface area contributed by atoms with E-state index in [4.69, 9.17) is 4.74 Å². The molecule has 0 saturated carbocycles. The van der Waals surface area contributed by atoms with E-state index < -0.39 is 18.2 Å². The lowest BCUT2D eigenvalue weighted by Crippen LogP contribution is -2.54. The van der Waals surface area contributed by atoms with E-state index in [2.05, 4.69) is 5.32 Å². The zero-order valence-corrected chi connectivity index (χ0v) is 9.92. The second-order valence-corrected chi connectivity index (χ2v) is 3.96. The van der Waals surface area contributed by atoms with E-state index in [1.807, 2.05) is 6.07 Å². The lowest BCUT2D eigenvalue weighted by molar-refractivity contribution is -0.133. The summed E-state index contributed by atoms with van der Waals surface area (Å²) in [6.07, 6.45) is -1.21. The van der Waals surface area contributed by atoms with Gasteiger partial charge < -0.3 is 15.2 Å². The Hall–Kier alpha value is -2.08. The van der Waals surface area contributed by atoms with E-state index >= 15 is 0 Å². The summed E-state index contributed by atoms with van der Waals surface area (Å²) in [4.78, 5) is 24.4. The molecule has 96 valence electrons. The van der Waals surface area contributed by atoms with Gasteiger partial charge in [0.2, 0.25) is 5.91 Å². The largest absolute Gasteiger partial charge is 0.496 e. The SMILES string of the molecule is COc1ccccc1CN1C(=O)CC(O)NC1=O. The third-order valence-corrected chi connectivity index (χ3v) is 2.73. The van der Waals surface area contributed by atoms with Gasteiger partial charge in [0.1, 0.15) is 12.0 Å². The van der Waals surface area contributed by atoms with Gasteiger partial charge >= 0.3 is 6.03 Å². The van der Waals surface area contributed by atoms with Crippen LogP contribution in [0.15, 0.2) is 24.3 Å². The van der Waals surface area contributed by atoms with Crippen molar-refractivity contribution < 1.29 is 19.4 Å². The summed E-state index contributed by atoms with van der Waals surface area (Å²) in [6.45, 7) is 0.126. The first-order valence-electron chi connectivity index (χ1n) is 5.52. The summed E-state index contributed by atoms with van der Waals surface area (Å²) in [7, 11) is 1.53. The number of aliphatic hydroxyl groups excluding tert-OH is 1. The molecule has 6 nitrogen and oxygen atoms in total. The number of aliphatic hydroxyl groups is 1. The molecule has 1 atom stereocenters. The van der Waals surface area contributed by atoms with Crippen LogP contribution in [0.5, 0.6) is 5.75 Å². The number of nitrogens with zero attached hydrogens (tertiary/aromatic N) is 1. The molecule has 1 unspecified atom stereocenters. The highest BCUT2D eigenvalue weighted by atomic mass is 16.5. The van der Waals surface area contributed by atoms with Gasteiger partial charge in [-0.15, -0.1) is 0 Å². The Labute approximate surface area is 104 Å². The van der Waals surface area contributed by atoms with Crippen LogP contribution in [0.2, 0.25) is 0 Å². The number of para-hydroxylation sites is 1. The third kappa shape index (κ3) is 2.43. The predicted molar refractivity (Wildman–Crippen MR) is 62.7 cm³/mol. The highest BCUT2D eigenvalue weighted by Gasteiger charge is 2.31. The summed E-state index contributed by atoms with van der Waals surface area (Å²) >= 11 is 0. The summed E-state index contributed by atoms with van der Waals surface area (Å²) in [5.41, 5.74) is 0.736. The van der Waals surface area contributed by atoms with Crippen molar-refractivity contribution in [1.82, 2.24) is 10.2 Å². The van der Waals surface area contributed by atoms with Crippen molar-refractivity contribution in [2.24, 2.45) is 0 Å². The number of ether oxygens (including phenoxy) is 1. The molecule has 2 rings (SSSR count). The van der Waals surface area contributed by atoms with Crippen LogP contribution in [0.4, 0.5) is 4.79 Å². The number of benzene rings is 1. The number of carbonyl (C=O) groups excluding carboxylic acids is 2. The first-order valence-corrected chi connectivity index (χ1v) is 5.52. The smallest absolute Gasteiger partial charge is 0.326 e. The number of rotatable bonds is 3. The highest BCUT2D eigenvalue weighted by Crippen LogP contribution is 2.20. The molecule has 1 aromatic rings. The van der Waals surface area contributed by atoms with Gasteiger partial charge in [-0.1, -0.05) is 18.2 Å². The van der Waals surface area contributed by atoms with Gasteiger partial charge in [0.05, 0.1) is 20.1 Å². The third-order valence-electron chi connectivity index (χ3n) is 2.73. The van der Waals surface area contributed by atoms with Crippen LogP contribution in [0.3, 0.4) is 0 Å². The van der Waals surface area contributed by atoms with Crippen molar-refractivity contribution in [3.63, 3.8) is 0 Å². The minimum absolute atomic E-state index is 0.110. The lowest BCUT2D eigenvalue weighted by Gasteiger charge is -2.29. The van der Waals surface area contributed by atoms with Crippen molar-refractivity contribution in [1.29, 1.82) is 0 Å². The minimum atomic E-state index is -1.10. The molecule has 6 heteroatoms. The van der Waals surface area contributed by atoms with E-state index in [-0.39, 0.29) is 13.0 Å². The van der Waals surface area contributed by atoms with Crippen molar-refractivity contribution in [2.75, 3.05) is 7.11 Å². The van der Waals surface area contributed by atoms with Crippen molar-refractivity contribution >= 4 is 11.9 Å². The first-order chi connectivity index (χ1) is 8.61. The number of amides is 3. The Morgan fingerprint density at radius 3 is 2.83 bits per heavy atom. The molecular formula is C12H14N2O4. The maximum absolute atomic E-state index is 11.7. The van der Waals surface area contributed by atoms with Crippen LogP contribution in [0.25, 0.3) is 0 Å². The Kier molecular flexibility index (Phi) is 3.47. The molecule has 0 aromatic heterocycles. The van der Waals surface area contributed by atoms with Crippen LogP contribution in [-0.4, -0.2) is 35.3 Å². The van der Waals surface area contributed by atoms with Crippen molar-refractivity contribution in [2.45, 2.75) is 19.2 Å². The maximum atomic E-state index is 11.7. The Bertz CT molecular complexity index is 457. The van der Waals surface area contributed by atoms with E-state index in [0.29, 0.717) is 5.75 Å². The number of carbonyl (C=O) groups is 2. The molecule has 1 aliphatic heterocycles. The maximum Gasteiger partial charge on any atom is 0.326 e. The molecule has 1 aliphatic rings. The number of methoxy groups -OCH3 is 1. The van der Waals surface area contributed by atoms with Gasteiger partial charge in [-0.25, -0.2) is 4.79 Å². The highest BCUT2D eigenvalue weighted by molar-refractivity contribution is 5.97. The number of urea groups is 1. The van der Waals surface area contributed by atoms with Gasteiger partial charge in [-0.05, 0) is 6.07 Å². The minimum Gasteiger partial charge on any atom is -0.496 e. The molecule has 18 heavy (non-hydrogen) atoms. The standard InChI is InChI=1S/C12H14N2O4/c1-18-9-5-3-2-4-8(9)7-14-11(16)6-10(15)13-12(14)17/h2-5,10,15H,6-7H2,1H3,(H,13,17). The van der Waals surface area contributed by atoms with Gasteiger partial charge in [0.15, 0.2) is 0 Å². The van der Waals surface area contributed by atoms with E-state index in [1.54, 1.807) is 18.2 Å². The summed E-state index contributed by atoms with van der Waals surface area (Å²) < 4.78 is 5.16. The average molecular weight is 250 g/mol. The van der Waals surface area contributed by atoms with E-state index in [0.717, 1.165) is 10.5 Å². The fraction of sp³-hybridized carbons (Fsp3) is 0.333. The Morgan fingerprint density at radius 1 is 1.44 bits per heavy atom. The first kappa shape index (κ1) is 12.4. The summed E-state index contributed by atoms with van der Waals surface area (Å²) in [5, 5.41) is 11.5. The molecule has 1 aromatic carbocycles. The molecule has 1 fully saturated rings. The molecule has 0 bridgehead atoms. The average Bonchev–Trinajstić information content (AvgIpc) is 2.34. The topological polar surface area (TPSA) is 78.9 Å².